The SMILES string of the molecule is O=C(C1CCC(C(F)(F)F)CN1)N1CCC2CCCCC21. The molecule has 1 amide bonds. The Morgan fingerprint density at radius 1 is 1.05 bits per heavy atom. The van der Waals surface area contributed by atoms with Gasteiger partial charge in [-0.1, -0.05) is 12.8 Å². The molecule has 4 atom stereocenters. The van der Waals surface area contributed by atoms with Crippen molar-refractivity contribution in [2.75, 3.05) is 13.1 Å². The average molecular weight is 304 g/mol. The minimum Gasteiger partial charge on any atom is -0.338 e. The highest BCUT2D eigenvalue weighted by Gasteiger charge is 2.45. The fourth-order valence-corrected chi connectivity index (χ4v) is 4.23. The van der Waals surface area contributed by atoms with Gasteiger partial charge in [0.1, 0.15) is 0 Å². The summed E-state index contributed by atoms with van der Waals surface area (Å²) >= 11 is 0. The second kappa shape index (κ2) is 5.78. The quantitative estimate of drug-likeness (QED) is 0.808. The molecule has 0 aromatic heterocycles. The molecule has 0 bridgehead atoms. The molecule has 1 aliphatic carbocycles. The first-order valence-electron chi connectivity index (χ1n) is 8.07. The molecule has 21 heavy (non-hydrogen) atoms. The summed E-state index contributed by atoms with van der Waals surface area (Å²) in [5.74, 6) is -0.651. The van der Waals surface area contributed by atoms with E-state index in [4.69, 9.17) is 0 Å². The normalized spacial score (nSPS) is 37.4. The predicted molar refractivity (Wildman–Crippen MR) is 72.6 cm³/mol. The maximum Gasteiger partial charge on any atom is 0.393 e. The van der Waals surface area contributed by atoms with Gasteiger partial charge in [0, 0.05) is 19.1 Å². The second-order valence-corrected chi connectivity index (χ2v) is 6.71. The van der Waals surface area contributed by atoms with Gasteiger partial charge in [0.25, 0.3) is 0 Å². The zero-order valence-electron chi connectivity index (χ0n) is 12.2. The Morgan fingerprint density at radius 3 is 2.48 bits per heavy atom. The Hall–Kier alpha value is -0.780. The molecule has 6 heteroatoms. The molecule has 3 aliphatic rings. The van der Waals surface area contributed by atoms with Crippen molar-refractivity contribution in [1.82, 2.24) is 10.2 Å². The fraction of sp³-hybridized carbons (Fsp3) is 0.933. The van der Waals surface area contributed by atoms with Crippen molar-refractivity contribution in [2.45, 2.75) is 63.2 Å². The monoisotopic (exact) mass is 304 g/mol. The average Bonchev–Trinajstić information content (AvgIpc) is 2.90. The molecule has 0 spiro atoms. The number of halogens is 3. The summed E-state index contributed by atoms with van der Waals surface area (Å²) in [6, 6.07) is -0.0716. The Bertz CT molecular complexity index is 391. The maximum absolute atomic E-state index is 12.7. The molecule has 0 aromatic carbocycles. The molecule has 2 heterocycles. The van der Waals surface area contributed by atoms with Crippen LogP contribution in [-0.2, 0) is 4.79 Å². The first-order chi connectivity index (χ1) is 9.97. The van der Waals surface area contributed by atoms with Gasteiger partial charge in [-0.25, -0.2) is 0 Å². The highest BCUT2D eigenvalue weighted by molar-refractivity contribution is 5.82. The van der Waals surface area contributed by atoms with Crippen LogP contribution in [0.5, 0.6) is 0 Å². The smallest absolute Gasteiger partial charge is 0.338 e. The number of hydrogen-bond acceptors (Lipinski definition) is 2. The molecule has 0 radical (unpaired) electrons. The van der Waals surface area contributed by atoms with E-state index >= 15 is 0 Å². The van der Waals surface area contributed by atoms with E-state index in [0.717, 1.165) is 19.4 Å². The lowest BCUT2D eigenvalue weighted by Gasteiger charge is -2.36. The summed E-state index contributed by atoms with van der Waals surface area (Å²) < 4.78 is 38.0. The zero-order valence-corrected chi connectivity index (χ0v) is 12.2. The zero-order chi connectivity index (χ0) is 15.0. The molecule has 3 fully saturated rings. The Morgan fingerprint density at radius 2 is 1.81 bits per heavy atom. The summed E-state index contributed by atoms with van der Waals surface area (Å²) in [6.45, 7) is 0.664. The third-order valence-corrected chi connectivity index (χ3v) is 5.47. The Labute approximate surface area is 123 Å². The summed E-state index contributed by atoms with van der Waals surface area (Å²) in [6.07, 6.45) is 1.96. The summed E-state index contributed by atoms with van der Waals surface area (Å²) in [4.78, 5) is 14.5. The third-order valence-electron chi connectivity index (χ3n) is 5.47. The van der Waals surface area contributed by atoms with Gasteiger partial charge in [-0.15, -0.1) is 0 Å². The van der Waals surface area contributed by atoms with Crippen molar-refractivity contribution in [3.8, 4) is 0 Å². The predicted octanol–water partition coefficient (Wildman–Crippen LogP) is 2.71. The second-order valence-electron chi connectivity index (χ2n) is 6.71. The number of nitrogens with one attached hydrogen (secondary N) is 1. The van der Waals surface area contributed by atoms with Gasteiger partial charge < -0.3 is 10.2 Å². The van der Waals surface area contributed by atoms with Crippen LogP contribution < -0.4 is 5.32 Å². The number of alkyl halides is 3. The van der Waals surface area contributed by atoms with Gasteiger partial charge in [-0.05, 0) is 38.0 Å². The summed E-state index contributed by atoms with van der Waals surface area (Å²) in [5, 5.41) is 2.84. The topological polar surface area (TPSA) is 32.3 Å². The van der Waals surface area contributed by atoms with Crippen molar-refractivity contribution in [2.24, 2.45) is 11.8 Å². The number of hydrogen-bond donors (Lipinski definition) is 1. The molecule has 3 nitrogen and oxygen atoms in total. The van der Waals surface area contributed by atoms with E-state index in [1.165, 1.54) is 19.3 Å². The molecule has 1 N–H and O–H groups in total. The van der Waals surface area contributed by atoms with Crippen LogP contribution in [0.1, 0.15) is 44.9 Å². The van der Waals surface area contributed by atoms with Crippen LogP contribution in [0.3, 0.4) is 0 Å². The first-order valence-corrected chi connectivity index (χ1v) is 8.07. The van der Waals surface area contributed by atoms with E-state index in [1.54, 1.807) is 0 Å². The van der Waals surface area contributed by atoms with Crippen LogP contribution in [0, 0.1) is 11.8 Å². The van der Waals surface area contributed by atoms with E-state index in [-0.39, 0.29) is 18.9 Å². The number of likely N-dealkylation sites (tertiary alicyclic amines) is 1. The molecule has 3 rings (SSSR count). The van der Waals surface area contributed by atoms with Gasteiger partial charge in [-0.3, -0.25) is 4.79 Å². The van der Waals surface area contributed by atoms with Crippen LogP contribution in [-0.4, -0.2) is 42.2 Å². The van der Waals surface area contributed by atoms with Crippen LogP contribution in [0.4, 0.5) is 13.2 Å². The Balaban J connectivity index is 1.57. The molecule has 2 aliphatic heterocycles. The van der Waals surface area contributed by atoms with E-state index < -0.39 is 18.1 Å². The summed E-state index contributed by atoms with van der Waals surface area (Å²) in [7, 11) is 0. The van der Waals surface area contributed by atoms with Gasteiger partial charge in [0.05, 0.1) is 12.0 Å². The minimum absolute atomic E-state index is 0.0324. The number of fused-ring (bicyclic) bond motifs is 1. The molecule has 4 unspecified atom stereocenters. The number of amides is 1. The lowest BCUT2D eigenvalue weighted by molar-refractivity contribution is -0.180. The van der Waals surface area contributed by atoms with Gasteiger partial charge in [0.15, 0.2) is 0 Å². The highest BCUT2D eigenvalue weighted by atomic mass is 19.4. The standard InChI is InChI=1S/C15H23F3N2O/c16-15(17,18)11-5-6-12(19-9-11)14(21)20-8-7-10-3-1-2-4-13(10)20/h10-13,19H,1-9H2. The number of rotatable bonds is 1. The van der Waals surface area contributed by atoms with Crippen LogP contribution in [0.2, 0.25) is 0 Å². The summed E-state index contributed by atoms with van der Waals surface area (Å²) in [5.41, 5.74) is 0. The first kappa shape index (κ1) is 15.1. The van der Waals surface area contributed by atoms with Crippen molar-refractivity contribution >= 4 is 5.91 Å². The van der Waals surface area contributed by atoms with E-state index in [0.29, 0.717) is 18.4 Å². The number of carbonyl (C=O) groups excluding carboxylic acids is 1. The molecule has 0 aromatic rings. The van der Waals surface area contributed by atoms with E-state index in [2.05, 4.69) is 5.32 Å². The van der Waals surface area contributed by atoms with Gasteiger partial charge in [0.2, 0.25) is 5.91 Å². The van der Waals surface area contributed by atoms with Crippen molar-refractivity contribution in [1.29, 1.82) is 0 Å². The van der Waals surface area contributed by atoms with Crippen LogP contribution in [0.15, 0.2) is 0 Å². The molecule has 2 saturated heterocycles. The number of piperidine rings is 1. The maximum atomic E-state index is 12.7. The lowest BCUT2D eigenvalue weighted by atomic mass is 9.85. The van der Waals surface area contributed by atoms with Crippen molar-refractivity contribution in [3.63, 3.8) is 0 Å². The molecular weight excluding hydrogens is 281 g/mol. The Kier molecular flexibility index (Phi) is 4.17. The minimum atomic E-state index is -4.15. The van der Waals surface area contributed by atoms with Gasteiger partial charge >= 0.3 is 6.18 Å². The number of carbonyl (C=O) groups is 1. The molecule has 120 valence electrons. The fourth-order valence-electron chi connectivity index (χ4n) is 4.23. The third kappa shape index (κ3) is 3.05. The van der Waals surface area contributed by atoms with Crippen molar-refractivity contribution in [3.05, 3.63) is 0 Å². The van der Waals surface area contributed by atoms with Crippen molar-refractivity contribution < 1.29 is 18.0 Å². The van der Waals surface area contributed by atoms with Gasteiger partial charge in [-0.2, -0.15) is 13.2 Å². The lowest BCUT2D eigenvalue weighted by Crippen LogP contribution is -2.54. The largest absolute Gasteiger partial charge is 0.393 e. The molecule has 1 saturated carbocycles. The van der Waals surface area contributed by atoms with E-state index in [1.807, 2.05) is 4.90 Å². The van der Waals surface area contributed by atoms with Crippen LogP contribution >= 0.6 is 0 Å². The molecular formula is C15H23F3N2O. The highest BCUT2D eigenvalue weighted by Crippen LogP contribution is 2.37. The number of nitrogens with zero attached hydrogens (tertiary/aromatic N) is 1. The van der Waals surface area contributed by atoms with E-state index in [9.17, 15) is 18.0 Å². The van der Waals surface area contributed by atoms with Crippen LogP contribution in [0.25, 0.3) is 0 Å².